The van der Waals surface area contributed by atoms with Crippen molar-refractivity contribution in [2.45, 2.75) is 0 Å². The fourth-order valence-electron chi connectivity index (χ4n) is 8.03. The summed E-state index contributed by atoms with van der Waals surface area (Å²) in [6.45, 7) is 0. The Morgan fingerprint density at radius 3 is 1.87 bits per heavy atom. The molecule has 4 heteroatoms. The van der Waals surface area contributed by atoms with Crippen LogP contribution in [0.3, 0.4) is 0 Å². The van der Waals surface area contributed by atoms with Crippen molar-refractivity contribution in [3.05, 3.63) is 176 Å². The molecule has 52 heavy (non-hydrogen) atoms. The summed E-state index contributed by atoms with van der Waals surface area (Å²) in [5, 5.41) is 7.89. The van der Waals surface area contributed by atoms with E-state index in [-0.39, 0.29) is 0 Å². The van der Waals surface area contributed by atoms with Crippen LogP contribution in [0.5, 0.6) is 0 Å². The number of hydrogen-bond donors (Lipinski definition) is 0. The SMILES string of the molecule is c1ccc(-c2nc(-c3cc4oc5ccc(-c6ccc7c(c6)c6ccccc6n7-c6ccccc6)cc5c4c4ccccc34)nc3ccccc23)cc1. The van der Waals surface area contributed by atoms with E-state index in [1.54, 1.807) is 0 Å². The third-order valence-electron chi connectivity index (χ3n) is 10.4. The highest BCUT2D eigenvalue weighted by atomic mass is 16.3. The standard InChI is InChI=1S/C48H29N3O/c1-3-13-30(14-4-1)47-37-20-9-11-21-41(37)49-48(50-47)39-29-45-46(36-19-8-7-17-34(36)39)40-28-32(24-26-44(40)52-45)31-23-25-43-38(27-31)35-18-10-12-22-42(35)51(43)33-15-5-2-6-16-33/h1-29H. The first kappa shape index (κ1) is 28.8. The molecule has 0 saturated carbocycles. The molecule has 0 aliphatic heterocycles. The molecule has 0 radical (unpaired) electrons. The van der Waals surface area contributed by atoms with Gasteiger partial charge in [0, 0.05) is 43.7 Å². The molecule has 242 valence electrons. The van der Waals surface area contributed by atoms with Gasteiger partial charge in [-0.3, -0.25) is 0 Å². The van der Waals surface area contributed by atoms with Crippen molar-refractivity contribution >= 4 is 65.4 Å². The maximum Gasteiger partial charge on any atom is 0.161 e. The van der Waals surface area contributed by atoms with Crippen LogP contribution in [0.2, 0.25) is 0 Å². The first-order chi connectivity index (χ1) is 25.8. The number of rotatable bonds is 4. The topological polar surface area (TPSA) is 43.9 Å². The number of aromatic nitrogens is 3. The Kier molecular flexibility index (Phi) is 6.22. The van der Waals surface area contributed by atoms with Gasteiger partial charge in [-0.05, 0) is 76.5 Å². The van der Waals surface area contributed by atoms with Gasteiger partial charge in [0.15, 0.2) is 5.82 Å². The van der Waals surface area contributed by atoms with E-state index in [9.17, 15) is 0 Å². The summed E-state index contributed by atoms with van der Waals surface area (Å²) in [6.07, 6.45) is 0. The summed E-state index contributed by atoms with van der Waals surface area (Å²) in [5.74, 6) is 0.680. The zero-order valence-corrected chi connectivity index (χ0v) is 28.0. The van der Waals surface area contributed by atoms with Gasteiger partial charge in [-0.15, -0.1) is 0 Å². The molecule has 0 bridgehead atoms. The second-order valence-corrected chi connectivity index (χ2v) is 13.4. The fraction of sp³-hybridized carbons (Fsp3) is 0. The smallest absolute Gasteiger partial charge is 0.161 e. The zero-order chi connectivity index (χ0) is 34.2. The molecule has 0 aliphatic carbocycles. The van der Waals surface area contributed by atoms with Gasteiger partial charge in [-0.1, -0.05) is 121 Å². The van der Waals surface area contributed by atoms with Crippen molar-refractivity contribution in [1.29, 1.82) is 0 Å². The van der Waals surface area contributed by atoms with Gasteiger partial charge in [0.05, 0.1) is 22.2 Å². The van der Waals surface area contributed by atoms with Crippen LogP contribution in [-0.2, 0) is 0 Å². The monoisotopic (exact) mass is 663 g/mol. The highest BCUT2D eigenvalue weighted by Gasteiger charge is 2.19. The lowest BCUT2D eigenvalue weighted by atomic mass is 9.96. The van der Waals surface area contributed by atoms with Crippen LogP contribution in [0.1, 0.15) is 0 Å². The molecular weight excluding hydrogens is 635 g/mol. The average Bonchev–Trinajstić information content (AvgIpc) is 3.76. The summed E-state index contributed by atoms with van der Waals surface area (Å²) in [5.41, 5.74) is 11.4. The molecule has 0 spiro atoms. The Hall–Kier alpha value is -7.04. The lowest BCUT2D eigenvalue weighted by Crippen LogP contribution is -1.96. The maximum absolute atomic E-state index is 6.64. The van der Waals surface area contributed by atoms with E-state index in [4.69, 9.17) is 14.4 Å². The number of fused-ring (bicyclic) bond motifs is 9. The quantitative estimate of drug-likeness (QED) is 0.188. The minimum atomic E-state index is 0.680. The van der Waals surface area contributed by atoms with Crippen molar-refractivity contribution in [2.75, 3.05) is 0 Å². The highest BCUT2D eigenvalue weighted by Crippen LogP contribution is 2.42. The van der Waals surface area contributed by atoms with E-state index in [1.165, 1.54) is 27.4 Å². The Bertz CT molecular complexity index is 3180. The second kappa shape index (κ2) is 11.2. The minimum Gasteiger partial charge on any atom is -0.456 e. The largest absolute Gasteiger partial charge is 0.456 e. The minimum absolute atomic E-state index is 0.680. The molecule has 11 rings (SSSR count). The molecule has 0 atom stereocenters. The van der Waals surface area contributed by atoms with Crippen LogP contribution >= 0.6 is 0 Å². The molecule has 0 aliphatic rings. The normalized spacial score (nSPS) is 11.8. The van der Waals surface area contributed by atoms with Gasteiger partial charge in [0.1, 0.15) is 11.2 Å². The van der Waals surface area contributed by atoms with E-state index in [0.717, 1.165) is 71.7 Å². The van der Waals surface area contributed by atoms with E-state index in [0.29, 0.717) is 5.82 Å². The molecule has 0 unspecified atom stereocenters. The molecule has 4 nitrogen and oxygen atoms in total. The third kappa shape index (κ3) is 4.34. The van der Waals surface area contributed by atoms with Gasteiger partial charge in [0.25, 0.3) is 0 Å². The molecule has 3 aromatic heterocycles. The predicted molar refractivity (Wildman–Crippen MR) is 215 cm³/mol. The summed E-state index contributed by atoms with van der Waals surface area (Å²) >= 11 is 0. The van der Waals surface area contributed by atoms with E-state index < -0.39 is 0 Å². The van der Waals surface area contributed by atoms with Gasteiger partial charge >= 0.3 is 0 Å². The van der Waals surface area contributed by atoms with Gasteiger partial charge < -0.3 is 8.98 Å². The predicted octanol–water partition coefficient (Wildman–Crippen LogP) is 12.8. The fourth-order valence-corrected chi connectivity index (χ4v) is 8.03. The Balaban J connectivity index is 1.11. The number of hydrogen-bond acceptors (Lipinski definition) is 3. The van der Waals surface area contributed by atoms with Crippen LogP contribution in [-0.4, -0.2) is 14.5 Å². The molecule has 0 N–H and O–H groups in total. The molecule has 0 saturated heterocycles. The van der Waals surface area contributed by atoms with Crippen LogP contribution in [0.15, 0.2) is 180 Å². The van der Waals surface area contributed by atoms with E-state index in [2.05, 4.69) is 162 Å². The molecule has 3 heterocycles. The highest BCUT2D eigenvalue weighted by molar-refractivity contribution is 6.22. The van der Waals surface area contributed by atoms with Crippen molar-refractivity contribution in [1.82, 2.24) is 14.5 Å². The maximum atomic E-state index is 6.64. The van der Waals surface area contributed by atoms with Gasteiger partial charge in [-0.2, -0.15) is 0 Å². The lowest BCUT2D eigenvalue weighted by molar-refractivity contribution is 0.669. The number of furan rings is 1. The second-order valence-electron chi connectivity index (χ2n) is 13.4. The van der Waals surface area contributed by atoms with E-state index in [1.807, 2.05) is 18.2 Å². The Labute approximate surface area is 298 Å². The van der Waals surface area contributed by atoms with Gasteiger partial charge in [0.2, 0.25) is 0 Å². The Morgan fingerprint density at radius 2 is 1.04 bits per heavy atom. The number of para-hydroxylation sites is 3. The van der Waals surface area contributed by atoms with Crippen molar-refractivity contribution in [2.24, 2.45) is 0 Å². The summed E-state index contributed by atoms with van der Waals surface area (Å²) < 4.78 is 8.99. The van der Waals surface area contributed by atoms with Crippen LogP contribution in [0.25, 0.3) is 105 Å². The molecule has 8 aromatic carbocycles. The first-order valence-electron chi connectivity index (χ1n) is 17.6. The Morgan fingerprint density at radius 1 is 0.404 bits per heavy atom. The zero-order valence-electron chi connectivity index (χ0n) is 28.0. The number of benzene rings is 8. The number of nitrogens with zero attached hydrogens (tertiary/aromatic N) is 3. The summed E-state index contributed by atoms with van der Waals surface area (Å²) in [7, 11) is 0. The summed E-state index contributed by atoms with van der Waals surface area (Å²) in [4.78, 5) is 10.3. The molecule has 0 amide bonds. The molecule has 11 aromatic rings. The van der Waals surface area contributed by atoms with Crippen LogP contribution < -0.4 is 0 Å². The third-order valence-corrected chi connectivity index (χ3v) is 10.4. The van der Waals surface area contributed by atoms with Crippen molar-refractivity contribution < 1.29 is 4.42 Å². The summed E-state index contributed by atoms with van der Waals surface area (Å²) in [6, 6.07) is 61.9. The van der Waals surface area contributed by atoms with Crippen LogP contribution in [0.4, 0.5) is 0 Å². The first-order valence-corrected chi connectivity index (χ1v) is 17.6. The van der Waals surface area contributed by atoms with Crippen molar-refractivity contribution in [3.63, 3.8) is 0 Å². The van der Waals surface area contributed by atoms with Crippen molar-refractivity contribution in [3.8, 4) is 39.5 Å². The molecule has 0 fully saturated rings. The lowest BCUT2D eigenvalue weighted by Gasteiger charge is -2.11. The van der Waals surface area contributed by atoms with Crippen LogP contribution in [0, 0.1) is 0 Å². The molecular formula is C48H29N3O. The van der Waals surface area contributed by atoms with E-state index >= 15 is 0 Å². The average molecular weight is 664 g/mol. The van der Waals surface area contributed by atoms with Gasteiger partial charge in [-0.25, -0.2) is 9.97 Å².